The minimum atomic E-state index is 0.0928. The third kappa shape index (κ3) is 4.47. The van der Waals surface area contributed by atoms with E-state index in [-0.39, 0.29) is 12.0 Å². The van der Waals surface area contributed by atoms with Crippen molar-refractivity contribution in [2.24, 2.45) is 5.10 Å². The van der Waals surface area contributed by atoms with Crippen LogP contribution >= 0.6 is 11.3 Å². The number of benzene rings is 2. The molecule has 2 aliphatic heterocycles. The summed E-state index contributed by atoms with van der Waals surface area (Å²) < 4.78 is 7.21. The molecule has 1 unspecified atom stereocenters. The van der Waals surface area contributed by atoms with Crippen molar-refractivity contribution < 1.29 is 4.74 Å². The van der Waals surface area contributed by atoms with Gasteiger partial charge in [0.25, 0.3) is 0 Å². The number of hydrogen-bond donors (Lipinski definition) is 1. The second kappa shape index (κ2) is 9.28. The molecule has 1 fully saturated rings. The number of nitrogens with two attached hydrogens (primary N) is 1. The summed E-state index contributed by atoms with van der Waals surface area (Å²) >= 11 is 1.67. The lowest BCUT2D eigenvalue weighted by atomic mass is 10.0. The summed E-state index contributed by atoms with van der Waals surface area (Å²) in [5.41, 5.74) is 9.29. The molecule has 2 aromatic heterocycles. The first-order chi connectivity index (χ1) is 17.1. The molecule has 4 heterocycles. The summed E-state index contributed by atoms with van der Waals surface area (Å²) in [5, 5.41) is 6.64. The summed E-state index contributed by atoms with van der Waals surface area (Å²) in [6.07, 6.45) is 5.20. The molecule has 0 bridgehead atoms. The van der Waals surface area contributed by atoms with Crippen LogP contribution in [0.1, 0.15) is 30.9 Å². The van der Waals surface area contributed by atoms with Gasteiger partial charge in [0.15, 0.2) is 5.82 Å². The Hall–Kier alpha value is -3.49. The molecule has 0 saturated carbocycles. The van der Waals surface area contributed by atoms with E-state index >= 15 is 0 Å². The van der Waals surface area contributed by atoms with Gasteiger partial charge in [-0.05, 0) is 61.3 Å². The standard InChI is InChI=1S/C27H28N6OS/c1-32-15-12-21(13-16-32)34-20-9-7-19(8-10-20)24-17-22-25(35-24)26(31-27(28)30-22)33-23(11-14-29-33)18-5-3-2-4-6-18/h2-10,14,17,21,23H,11-13,15-16H2,1H3,(H2,28,30,31). The van der Waals surface area contributed by atoms with Gasteiger partial charge in [0, 0.05) is 30.6 Å². The highest BCUT2D eigenvalue weighted by Crippen LogP contribution is 2.42. The van der Waals surface area contributed by atoms with Crippen LogP contribution in [-0.2, 0) is 0 Å². The lowest BCUT2D eigenvalue weighted by Gasteiger charge is -2.29. The number of nitrogens with zero attached hydrogens (tertiary/aromatic N) is 5. The molecule has 2 N–H and O–H groups in total. The molecular formula is C27H28N6OS. The second-order valence-corrected chi connectivity index (χ2v) is 10.2. The van der Waals surface area contributed by atoms with Gasteiger partial charge in [-0.2, -0.15) is 10.1 Å². The predicted molar refractivity (Wildman–Crippen MR) is 143 cm³/mol. The van der Waals surface area contributed by atoms with Crippen LogP contribution in [0.5, 0.6) is 5.75 Å². The Morgan fingerprint density at radius 1 is 1.00 bits per heavy atom. The monoisotopic (exact) mass is 484 g/mol. The average Bonchev–Trinajstić information content (AvgIpc) is 3.54. The number of thiophene rings is 1. The molecule has 178 valence electrons. The molecule has 2 aliphatic rings. The first-order valence-electron chi connectivity index (χ1n) is 12.0. The highest BCUT2D eigenvalue weighted by atomic mass is 32.1. The van der Waals surface area contributed by atoms with Crippen molar-refractivity contribution in [1.29, 1.82) is 0 Å². The van der Waals surface area contributed by atoms with Gasteiger partial charge in [-0.15, -0.1) is 11.3 Å². The molecule has 0 spiro atoms. The van der Waals surface area contributed by atoms with E-state index in [2.05, 4.69) is 81.6 Å². The number of aromatic nitrogens is 2. The molecular weight excluding hydrogens is 456 g/mol. The van der Waals surface area contributed by atoms with Crippen LogP contribution in [0.2, 0.25) is 0 Å². The first kappa shape index (κ1) is 22.0. The van der Waals surface area contributed by atoms with Gasteiger partial charge >= 0.3 is 0 Å². The van der Waals surface area contributed by atoms with E-state index in [1.165, 1.54) is 5.56 Å². The Balaban J connectivity index is 1.28. The normalized spacial score (nSPS) is 19.0. The number of nitrogen functional groups attached to an aromatic ring is 1. The summed E-state index contributed by atoms with van der Waals surface area (Å²) in [6, 6.07) is 20.9. The topological polar surface area (TPSA) is 79.9 Å². The minimum Gasteiger partial charge on any atom is -0.490 e. The fourth-order valence-electron chi connectivity index (χ4n) is 4.79. The van der Waals surface area contributed by atoms with Crippen molar-refractivity contribution >= 4 is 39.5 Å². The zero-order valence-electron chi connectivity index (χ0n) is 19.7. The van der Waals surface area contributed by atoms with Crippen LogP contribution in [0.3, 0.4) is 0 Å². The van der Waals surface area contributed by atoms with Gasteiger partial charge in [-0.1, -0.05) is 30.3 Å². The molecule has 6 rings (SSSR count). The predicted octanol–water partition coefficient (Wildman–Crippen LogP) is 5.35. The molecule has 1 atom stereocenters. The molecule has 0 amide bonds. The molecule has 7 nitrogen and oxygen atoms in total. The molecule has 1 saturated heterocycles. The number of piperidine rings is 1. The van der Waals surface area contributed by atoms with Crippen LogP contribution in [0, 0.1) is 0 Å². The Morgan fingerprint density at radius 2 is 1.77 bits per heavy atom. The lowest BCUT2D eigenvalue weighted by Crippen LogP contribution is -2.35. The van der Waals surface area contributed by atoms with Crippen molar-refractivity contribution in [3.05, 3.63) is 66.2 Å². The summed E-state index contributed by atoms with van der Waals surface area (Å²) in [6.45, 7) is 2.17. The highest BCUT2D eigenvalue weighted by Gasteiger charge is 2.28. The van der Waals surface area contributed by atoms with Gasteiger partial charge in [0.2, 0.25) is 5.95 Å². The van der Waals surface area contributed by atoms with Gasteiger partial charge in [-0.3, -0.25) is 0 Å². The van der Waals surface area contributed by atoms with Crippen LogP contribution in [0.4, 0.5) is 11.8 Å². The third-order valence-corrected chi connectivity index (χ3v) is 7.88. The van der Waals surface area contributed by atoms with E-state index < -0.39 is 0 Å². The van der Waals surface area contributed by atoms with Crippen LogP contribution < -0.4 is 15.5 Å². The maximum Gasteiger partial charge on any atom is 0.222 e. The Labute approximate surface area is 208 Å². The van der Waals surface area contributed by atoms with Gasteiger partial charge < -0.3 is 15.4 Å². The highest BCUT2D eigenvalue weighted by molar-refractivity contribution is 7.22. The van der Waals surface area contributed by atoms with Crippen LogP contribution in [0.25, 0.3) is 20.7 Å². The molecule has 2 aromatic carbocycles. The van der Waals surface area contributed by atoms with Crippen molar-refractivity contribution in [3.63, 3.8) is 0 Å². The lowest BCUT2D eigenvalue weighted by molar-refractivity contribution is 0.114. The number of hydrogen-bond acceptors (Lipinski definition) is 8. The largest absolute Gasteiger partial charge is 0.490 e. The maximum absolute atomic E-state index is 6.22. The first-order valence-corrected chi connectivity index (χ1v) is 12.8. The van der Waals surface area contributed by atoms with Crippen LogP contribution in [0.15, 0.2) is 65.8 Å². The van der Waals surface area contributed by atoms with Gasteiger partial charge in [0.05, 0.1) is 16.3 Å². The van der Waals surface area contributed by atoms with Crippen molar-refractivity contribution in [2.75, 3.05) is 30.9 Å². The van der Waals surface area contributed by atoms with Crippen molar-refractivity contribution in [1.82, 2.24) is 14.9 Å². The van der Waals surface area contributed by atoms with Crippen molar-refractivity contribution in [2.45, 2.75) is 31.4 Å². The summed E-state index contributed by atoms with van der Waals surface area (Å²) in [4.78, 5) is 12.6. The fraction of sp³-hybridized carbons (Fsp3) is 0.296. The molecule has 0 aliphatic carbocycles. The van der Waals surface area contributed by atoms with E-state index in [9.17, 15) is 0 Å². The summed E-state index contributed by atoms with van der Waals surface area (Å²) in [5.74, 6) is 1.94. The quantitative estimate of drug-likeness (QED) is 0.411. The molecule has 4 aromatic rings. The average molecular weight is 485 g/mol. The molecule has 35 heavy (non-hydrogen) atoms. The Kier molecular flexibility index (Phi) is 5.83. The minimum absolute atomic E-state index is 0.0928. The maximum atomic E-state index is 6.22. The second-order valence-electron chi connectivity index (χ2n) is 9.18. The van der Waals surface area contributed by atoms with Crippen LogP contribution in [-0.4, -0.2) is 47.3 Å². The van der Waals surface area contributed by atoms with Crippen molar-refractivity contribution in [3.8, 4) is 16.2 Å². The SMILES string of the molecule is CN1CCC(Oc2ccc(-c3cc4nc(N)nc(N5N=CCC5c5ccccc5)c4s3)cc2)CC1. The number of hydrazone groups is 1. The van der Waals surface area contributed by atoms with Gasteiger partial charge in [0.1, 0.15) is 11.9 Å². The number of ether oxygens (including phenoxy) is 1. The molecule has 0 radical (unpaired) electrons. The number of anilines is 2. The Morgan fingerprint density at radius 3 is 2.54 bits per heavy atom. The molecule has 8 heteroatoms. The van der Waals surface area contributed by atoms with E-state index in [4.69, 9.17) is 10.5 Å². The number of likely N-dealkylation sites (tertiary alicyclic amines) is 1. The zero-order chi connectivity index (χ0) is 23.8. The van der Waals surface area contributed by atoms with Gasteiger partial charge in [-0.25, -0.2) is 9.99 Å². The fourth-order valence-corrected chi connectivity index (χ4v) is 5.88. The van der Waals surface area contributed by atoms with E-state index in [0.29, 0.717) is 6.10 Å². The van der Waals surface area contributed by atoms with E-state index in [0.717, 1.165) is 64.6 Å². The summed E-state index contributed by atoms with van der Waals surface area (Å²) in [7, 11) is 2.16. The Bertz CT molecular complexity index is 1350. The number of fused-ring (bicyclic) bond motifs is 1. The third-order valence-electron chi connectivity index (χ3n) is 6.71. The van der Waals surface area contributed by atoms with E-state index in [1.54, 1.807) is 11.3 Å². The number of rotatable bonds is 5. The zero-order valence-corrected chi connectivity index (χ0v) is 20.5. The smallest absolute Gasteiger partial charge is 0.222 e. The van der Waals surface area contributed by atoms with E-state index in [1.807, 2.05) is 17.3 Å².